The first-order chi connectivity index (χ1) is 16.9. The Balaban J connectivity index is 1.26. The fraction of sp³-hybridized carbons (Fsp3) is 0.385. The molecule has 0 bridgehead atoms. The number of piperazine rings is 1. The standard InChI is InChI=1S/C26H31N3O5S/c1-34-23-8-10-24(11-9-23)35(32,33)29-19-17-28(18-20-29)26(31)22-13-15-27(16-14-22)25(30)12-7-21-5-3-2-4-6-21/h2-12,22H,13-20H2,1H3/b12-7+. The number of sulfonamides is 1. The summed E-state index contributed by atoms with van der Waals surface area (Å²) in [5.41, 5.74) is 0.971. The van der Waals surface area contributed by atoms with E-state index in [4.69, 9.17) is 4.74 Å². The van der Waals surface area contributed by atoms with Gasteiger partial charge in [-0.2, -0.15) is 4.31 Å². The number of nitrogens with zero attached hydrogens (tertiary/aromatic N) is 3. The highest BCUT2D eigenvalue weighted by atomic mass is 32.2. The maximum atomic E-state index is 13.1. The zero-order valence-electron chi connectivity index (χ0n) is 19.9. The van der Waals surface area contributed by atoms with Crippen molar-refractivity contribution in [1.82, 2.24) is 14.1 Å². The van der Waals surface area contributed by atoms with Crippen LogP contribution in [0.25, 0.3) is 6.08 Å². The van der Waals surface area contributed by atoms with Crippen molar-refractivity contribution in [2.75, 3.05) is 46.4 Å². The van der Waals surface area contributed by atoms with Gasteiger partial charge in [-0.05, 0) is 48.7 Å². The van der Waals surface area contributed by atoms with Gasteiger partial charge >= 0.3 is 0 Å². The van der Waals surface area contributed by atoms with Crippen LogP contribution < -0.4 is 4.74 Å². The molecule has 2 saturated heterocycles. The minimum Gasteiger partial charge on any atom is -0.497 e. The summed E-state index contributed by atoms with van der Waals surface area (Å²) in [4.78, 5) is 29.3. The summed E-state index contributed by atoms with van der Waals surface area (Å²) in [6.07, 6.45) is 4.63. The van der Waals surface area contributed by atoms with Gasteiger partial charge in [0.15, 0.2) is 0 Å². The monoisotopic (exact) mass is 497 g/mol. The second-order valence-electron chi connectivity index (χ2n) is 8.75. The summed E-state index contributed by atoms with van der Waals surface area (Å²) in [6.45, 7) is 2.35. The van der Waals surface area contributed by atoms with E-state index in [1.54, 1.807) is 34.1 Å². The lowest BCUT2D eigenvalue weighted by atomic mass is 9.95. The number of carbonyl (C=O) groups is 2. The molecule has 35 heavy (non-hydrogen) atoms. The number of hydrogen-bond donors (Lipinski definition) is 0. The lowest BCUT2D eigenvalue weighted by Gasteiger charge is -2.38. The smallest absolute Gasteiger partial charge is 0.246 e. The van der Waals surface area contributed by atoms with E-state index in [2.05, 4.69) is 0 Å². The van der Waals surface area contributed by atoms with Crippen molar-refractivity contribution in [1.29, 1.82) is 0 Å². The minimum absolute atomic E-state index is 0.0443. The lowest BCUT2D eigenvalue weighted by molar-refractivity contribution is -0.140. The number of amides is 2. The molecule has 2 heterocycles. The molecule has 8 nitrogen and oxygen atoms in total. The second kappa shape index (κ2) is 11.0. The van der Waals surface area contributed by atoms with Gasteiger partial charge in [-0.15, -0.1) is 0 Å². The van der Waals surface area contributed by atoms with Crippen molar-refractivity contribution in [2.45, 2.75) is 17.7 Å². The van der Waals surface area contributed by atoms with E-state index < -0.39 is 10.0 Å². The number of methoxy groups -OCH3 is 1. The highest BCUT2D eigenvalue weighted by Crippen LogP contribution is 2.24. The summed E-state index contributed by atoms with van der Waals surface area (Å²) in [5, 5.41) is 0. The first-order valence-corrected chi connectivity index (χ1v) is 13.3. The minimum atomic E-state index is -3.61. The van der Waals surface area contributed by atoms with Crippen molar-refractivity contribution in [2.24, 2.45) is 5.92 Å². The first-order valence-electron chi connectivity index (χ1n) is 11.8. The van der Waals surface area contributed by atoms with Crippen LogP contribution in [0.4, 0.5) is 0 Å². The molecule has 4 rings (SSSR count). The second-order valence-corrected chi connectivity index (χ2v) is 10.7. The largest absolute Gasteiger partial charge is 0.497 e. The molecule has 2 aromatic rings. The van der Waals surface area contributed by atoms with Gasteiger partial charge in [-0.3, -0.25) is 9.59 Å². The van der Waals surface area contributed by atoms with Crippen LogP contribution in [0.15, 0.2) is 65.6 Å². The molecule has 2 amide bonds. The molecule has 0 radical (unpaired) electrons. The molecular formula is C26H31N3O5S. The summed E-state index contributed by atoms with van der Waals surface area (Å²) >= 11 is 0. The molecule has 0 unspecified atom stereocenters. The lowest BCUT2D eigenvalue weighted by Crippen LogP contribution is -2.53. The first kappa shape index (κ1) is 24.9. The third-order valence-electron chi connectivity index (χ3n) is 6.62. The third kappa shape index (κ3) is 5.91. The van der Waals surface area contributed by atoms with Crippen LogP contribution in [0, 0.1) is 5.92 Å². The highest BCUT2D eigenvalue weighted by molar-refractivity contribution is 7.89. The molecule has 2 aromatic carbocycles. The maximum Gasteiger partial charge on any atom is 0.246 e. The third-order valence-corrected chi connectivity index (χ3v) is 8.53. The molecule has 2 fully saturated rings. The van der Waals surface area contributed by atoms with Crippen LogP contribution in [0.3, 0.4) is 0 Å². The summed E-state index contributed by atoms with van der Waals surface area (Å²) < 4.78 is 32.4. The zero-order chi connectivity index (χ0) is 24.8. The summed E-state index contributed by atoms with van der Waals surface area (Å²) in [6, 6.07) is 16.0. The Hall–Kier alpha value is -3.17. The molecule has 0 spiro atoms. The molecule has 0 saturated carbocycles. The van der Waals surface area contributed by atoms with E-state index in [0.29, 0.717) is 44.8 Å². The van der Waals surface area contributed by atoms with Gasteiger partial charge in [0.25, 0.3) is 0 Å². The molecule has 0 N–H and O–H groups in total. The average Bonchev–Trinajstić information content (AvgIpc) is 2.92. The van der Waals surface area contributed by atoms with E-state index in [9.17, 15) is 18.0 Å². The predicted octanol–water partition coefficient (Wildman–Crippen LogP) is 2.48. The van der Waals surface area contributed by atoms with Crippen LogP contribution in [0.1, 0.15) is 18.4 Å². The van der Waals surface area contributed by atoms with Crippen LogP contribution >= 0.6 is 0 Å². The van der Waals surface area contributed by atoms with Gasteiger partial charge in [-0.25, -0.2) is 8.42 Å². The maximum absolute atomic E-state index is 13.1. The molecule has 0 atom stereocenters. The molecule has 186 valence electrons. The Morgan fingerprint density at radius 3 is 2.09 bits per heavy atom. The summed E-state index contributed by atoms with van der Waals surface area (Å²) in [5.74, 6) is 0.469. The molecule has 0 aliphatic carbocycles. The predicted molar refractivity (Wildman–Crippen MR) is 133 cm³/mol. The topological polar surface area (TPSA) is 87.2 Å². The Labute approximate surface area is 206 Å². The number of hydrogen-bond acceptors (Lipinski definition) is 5. The quantitative estimate of drug-likeness (QED) is 0.573. The Morgan fingerprint density at radius 2 is 1.49 bits per heavy atom. The number of benzene rings is 2. The Bertz CT molecular complexity index is 1150. The van der Waals surface area contributed by atoms with Crippen LogP contribution in [-0.2, 0) is 19.6 Å². The highest BCUT2D eigenvalue weighted by Gasteiger charge is 2.34. The van der Waals surface area contributed by atoms with Crippen molar-refractivity contribution in [3.05, 3.63) is 66.2 Å². The van der Waals surface area contributed by atoms with Gasteiger partial charge in [0, 0.05) is 51.3 Å². The van der Waals surface area contributed by atoms with Crippen LogP contribution in [-0.4, -0.2) is 80.7 Å². The van der Waals surface area contributed by atoms with E-state index in [1.165, 1.54) is 23.5 Å². The van der Waals surface area contributed by atoms with Gasteiger partial charge < -0.3 is 14.5 Å². The van der Waals surface area contributed by atoms with E-state index >= 15 is 0 Å². The SMILES string of the molecule is COc1ccc(S(=O)(=O)N2CCN(C(=O)C3CCN(C(=O)/C=C/c4ccccc4)CC3)CC2)cc1. The molecule has 9 heteroatoms. The Kier molecular flexibility index (Phi) is 7.87. The van der Waals surface area contributed by atoms with Crippen molar-refractivity contribution in [3.63, 3.8) is 0 Å². The van der Waals surface area contributed by atoms with E-state index in [-0.39, 0.29) is 35.7 Å². The summed E-state index contributed by atoms with van der Waals surface area (Å²) in [7, 11) is -2.08. The van der Waals surface area contributed by atoms with Crippen LogP contribution in [0.2, 0.25) is 0 Å². The fourth-order valence-corrected chi connectivity index (χ4v) is 5.91. The van der Waals surface area contributed by atoms with Gasteiger partial charge in [0.05, 0.1) is 12.0 Å². The number of likely N-dealkylation sites (tertiary alicyclic amines) is 1. The number of rotatable bonds is 6. The van der Waals surface area contributed by atoms with Crippen LogP contribution in [0.5, 0.6) is 5.75 Å². The molecular weight excluding hydrogens is 466 g/mol. The number of ether oxygens (including phenoxy) is 1. The van der Waals surface area contributed by atoms with Crippen molar-refractivity contribution >= 4 is 27.9 Å². The zero-order valence-corrected chi connectivity index (χ0v) is 20.7. The van der Waals surface area contributed by atoms with Gasteiger partial charge in [0.2, 0.25) is 21.8 Å². The molecule has 2 aliphatic rings. The van der Waals surface area contributed by atoms with Gasteiger partial charge in [0.1, 0.15) is 5.75 Å². The van der Waals surface area contributed by atoms with Crippen molar-refractivity contribution in [3.8, 4) is 5.75 Å². The van der Waals surface area contributed by atoms with E-state index in [1.807, 2.05) is 30.3 Å². The van der Waals surface area contributed by atoms with E-state index in [0.717, 1.165) is 5.56 Å². The Morgan fingerprint density at radius 1 is 0.857 bits per heavy atom. The van der Waals surface area contributed by atoms with Gasteiger partial charge in [-0.1, -0.05) is 30.3 Å². The fourth-order valence-electron chi connectivity index (χ4n) is 4.49. The number of carbonyl (C=O) groups excluding carboxylic acids is 2. The molecule has 0 aromatic heterocycles. The average molecular weight is 498 g/mol. The van der Waals surface area contributed by atoms with Crippen molar-refractivity contribution < 1.29 is 22.7 Å². The number of piperidine rings is 1. The normalized spacial score (nSPS) is 18.1. The molecule has 2 aliphatic heterocycles.